The van der Waals surface area contributed by atoms with Crippen LogP contribution in [0.3, 0.4) is 0 Å². The van der Waals surface area contributed by atoms with Crippen LogP contribution in [0.2, 0.25) is 5.02 Å². The number of hydrogen-bond donors (Lipinski definition) is 1. The van der Waals surface area contributed by atoms with Gasteiger partial charge in [0.1, 0.15) is 17.2 Å². The fourth-order valence-corrected chi connectivity index (χ4v) is 2.85. The van der Waals surface area contributed by atoms with Gasteiger partial charge in [0.05, 0.1) is 0 Å². The van der Waals surface area contributed by atoms with Gasteiger partial charge in [-0.1, -0.05) is 23.7 Å². The maximum atomic E-state index is 13.3. The molecule has 0 radical (unpaired) electrons. The van der Waals surface area contributed by atoms with Gasteiger partial charge in [-0.15, -0.1) is 0 Å². The quantitative estimate of drug-likeness (QED) is 0.879. The minimum absolute atomic E-state index is 0.134. The van der Waals surface area contributed by atoms with Crippen molar-refractivity contribution in [2.75, 3.05) is 5.32 Å². The Kier molecular flexibility index (Phi) is 3.54. The van der Waals surface area contributed by atoms with E-state index in [1.165, 1.54) is 17.7 Å². The zero-order valence-electron chi connectivity index (χ0n) is 12.0. The molecule has 21 heavy (non-hydrogen) atoms. The summed E-state index contributed by atoms with van der Waals surface area (Å²) in [6.07, 6.45) is 0.905. The first kappa shape index (κ1) is 14.2. The third kappa shape index (κ3) is 3.30. The summed E-state index contributed by atoms with van der Waals surface area (Å²) in [5.74, 6) is 0.617. The van der Waals surface area contributed by atoms with Gasteiger partial charge in [0.25, 0.3) is 0 Å². The molecular weight excluding hydrogens is 289 g/mol. The van der Waals surface area contributed by atoms with Gasteiger partial charge in [-0.25, -0.2) is 4.39 Å². The molecule has 0 atom stereocenters. The first-order valence-corrected chi connectivity index (χ1v) is 7.30. The van der Waals surface area contributed by atoms with Crippen molar-refractivity contribution in [3.63, 3.8) is 0 Å². The van der Waals surface area contributed by atoms with Crippen LogP contribution in [0.25, 0.3) is 0 Å². The lowest BCUT2D eigenvalue weighted by molar-refractivity contribution is 0.138. The van der Waals surface area contributed by atoms with E-state index in [9.17, 15) is 4.39 Å². The highest BCUT2D eigenvalue weighted by molar-refractivity contribution is 6.30. The van der Waals surface area contributed by atoms with Crippen molar-refractivity contribution in [1.29, 1.82) is 0 Å². The molecule has 2 nitrogen and oxygen atoms in total. The molecule has 4 heteroatoms. The van der Waals surface area contributed by atoms with Gasteiger partial charge in [-0.05, 0) is 49.2 Å². The van der Waals surface area contributed by atoms with Gasteiger partial charge in [0.2, 0.25) is 0 Å². The van der Waals surface area contributed by atoms with Gasteiger partial charge in [-0.3, -0.25) is 0 Å². The van der Waals surface area contributed by atoms with Crippen LogP contribution in [0.5, 0.6) is 5.75 Å². The second-order valence-corrected chi connectivity index (χ2v) is 6.43. The van der Waals surface area contributed by atoms with Crippen molar-refractivity contribution < 1.29 is 9.13 Å². The Morgan fingerprint density at radius 1 is 1.24 bits per heavy atom. The topological polar surface area (TPSA) is 21.3 Å². The van der Waals surface area contributed by atoms with E-state index in [2.05, 4.69) is 25.2 Å². The predicted octanol–water partition coefficient (Wildman–Crippen LogP) is 4.80. The minimum Gasteiger partial charge on any atom is -0.487 e. The average molecular weight is 306 g/mol. The van der Waals surface area contributed by atoms with Crippen molar-refractivity contribution in [3.05, 3.63) is 58.4 Å². The molecule has 0 amide bonds. The molecule has 1 heterocycles. The normalized spacial score (nSPS) is 15.4. The highest BCUT2D eigenvalue weighted by atomic mass is 35.5. The van der Waals surface area contributed by atoms with Crippen molar-refractivity contribution >= 4 is 17.3 Å². The summed E-state index contributed by atoms with van der Waals surface area (Å²) in [5.41, 5.74) is 2.90. The van der Waals surface area contributed by atoms with Gasteiger partial charge in [-0.2, -0.15) is 0 Å². The summed E-state index contributed by atoms with van der Waals surface area (Å²) in [5, 5.41) is 3.58. The monoisotopic (exact) mass is 305 g/mol. The molecule has 1 aliphatic heterocycles. The highest BCUT2D eigenvalue weighted by Gasteiger charge is 2.29. The van der Waals surface area contributed by atoms with E-state index >= 15 is 0 Å². The molecular formula is C17H17ClFNO. The van der Waals surface area contributed by atoms with Crippen LogP contribution in [0.4, 0.5) is 10.1 Å². The molecule has 110 valence electrons. The van der Waals surface area contributed by atoms with Crippen LogP contribution < -0.4 is 10.1 Å². The number of benzene rings is 2. The molecule has 2 aromatic carbocycles. The first-order chi connectivity index (χ1) is 9.91. The van der Waals surface area contributed by atoms with E-state index < -0.39 is 0 Å². The van der Waals surface area contributed by atoms with E-state index in [0.29, 0.717) is 17.3 Å². The van der Waals surface area contributed by atoms with Gasteiger partial charge >= 0.3 is 0 Å². The Balaban J connectivity index is 1.72. The SMILES string of the molecule is CC1(C)Cc2cc(CNc3cc(F)cc(Cl)c3)ccc2O1. The van der Waals surface area contributed by atoms with Crippen LogP contribution in [-0.4, -0.2) is 5.60 Å². The van der Waals surface area contributed by atoms with Crippen molar-refractivity contribution in [2.45, 2.75) is 32.4 Å². The molecule has 0 aliphatic carbocycles. The lowest BCUT2D eigenvalue weighted by Crippen LogP contribution is -2.24. The number of halogens is 2. The summed E-state index contributed by atoms with van der Waals surface area (Å²) in [4.78, 5) is 0. The molecule has 1 N–H and O–H groups in total. The number of ether oxygens (including phenoxy) is 1. The molecule has 0 saturated heterocycles. The smallest absolute Gasteiger partial charge is 0.126 e. The van der Waals surface area contributed by atoms with Crippen molar-refractivity contribution in [3.8, 4) is 5.75 Å². The molecule has 2 aromatic rings. The second-order valence-electron chi connectivity index (χ2n) is 5.99. The molecule has 1 aliphatic rings. The Hall–Kier alpha value is -1.74. The van der Waals surface area contributed by atoms with Crippen molar-refractivity contribution in [1.82, 2.24) is 0 Å². The van der Waals surface area contributed by atoms with E-state index in [-0.39, 0.29) is 11.4 Å². The standard InChI is InChI=1S/C17H17ClFNO/c1-17(2)9-12-5-11(3-4-16(12)21-17)10-20-15-7-13(18)6-14(19)8-15/h3-8,20H,9-10H2,1-2H3. The number of rotatable bonds is 3. The fraction of sp³-hybridized carbons (Fsp3) is 0.294. The summed E-state index contributed by atoms with van der Waals surface area (Å²) in [6.45, 7) is 4.78. The zero-order valence-corrected chi connectivity index (χ0v) is 12.8. The van der Waals surface area contributed by atoms with Gasteiger partial charge in [0, 0.05) is 23.7 Å². The maximum Gasteiger partial charge on any atom is 0.126 e. The molecule has 0 bridgehead atoms. The highest BCUT2D eigenvalue weighted by Crippen LogP contribution is 2.35. The lowest BCUT2D eigenvalue weighted by Gasteiger charge is -2.16. The largest absolute Gasteiger partial charge is 0.487 e. The molecule has 0 fully saturated rings. The van der Waals surface area contributed by atoms with Gasteiger partial charge < -0.3 is 10.1 Å². The van der Waals surface area contributed by atoms with Crippen LogP contribution in [0.1, 0.15) is 25.0 Å². The van der Waals surface area contributed by atoms with E-state index in [0.717, 1.165) is 17.7 Å². The second kappa shape index (κ2) is 5.23. The third-order valence-corrected chi connectivity index (χ3v) is 3.70. The first-order valence-electron chi connectivity index (χ1n) is 6.92. The number of hydrogen-bond acceptors (Lipinski definition) is 2. The van der Waals surface area contributed by atoms with E-state index in [4.69, 9.17) is 16.3 Å². The number of anilines is 1. The predicted molar refractivity (Wildman–Crippen MR) is 83.6 cm³/mol. The van der Waals surface area contributed by atoms with Crippen LogP contribution in [-0.2, 0) is 13.0 Å². The van der Waals surface area contributed by atoms with Crippen molar-refractivity contribution in [2.24, 2.45) is 0 Å². The van der Waals surface area contributed by atoms with Crippen LogP contribution >= 0.6 is 11.6 Å². The van der Waals surface area contributed by atoms with Crippen LogP contribution in [0.15, 0.2) is 36.4 Å². The molecule has 0 unspecified atom stereocenters. The lowest BCUT2D eigenvalue weighted by atomic mass is 10.0. The third-order valence-electron chi connectivity index (χ3n) is 3.49. The summed E-state index contributed by atoms with van der Waals surface area (Å²) < 4.78 is 19.1. The zero-order chi connectivity index (χ0) is 15.0. The molecule has 0 aromatic heterocycles. The average Bonchev–Trinajstić information content (AvgIpc) is 2.68. The Morgan fingerprint density at radius 3 is 2.81 bits per heavy atom. The van der Waals surface area contributed by atoms with E-state index in [1.807, 2.05) is 12.1 Å². The fourth-order valence-electron chi connectivity index (χ4n) is 2.63. The number of fused-ring (bicyclic) bond motifs is 1. The number of nitrogens with one attached hydrogen (secondary N) is 1. The Morgan fingerprint density at radius 2 is 2.05 bits per heavy atom. The summed E-state index contributed by atoms with van der Waals surface area (Å²) >= 11 is 5.84. The summed E-state index contributed by atoms with van der Waals surface area (Å²) in [7, 11) is 0. The molecule has 0 saturated carbocycles. The Labute approximate surface area is 128 Å². The minimum atomic E-state index is -0.339. The Bertz CT molecular complexity index is 664. The summed E-state index contributed by atoms with van der Waals surface area (Å²) in [6, 6.07) is 10.6. The maximum absolute atomic E-state index is 13.3. The van der Waals surface area contributed by atoms with E-state index in [1.54, 1.807) is 6.07 Å². The van der Waals surface area contributed by atoms with Crippen LogP contribution in [0, 0.1) is 5.82 Å². The molecule has 3 rings (SSSR count). The van der Waals surface area contributed by atoms with Gasteiger partial charge in [0.15, 0.2) is 0 Å². The molecule has 0 spiro atoms.